The average molecular weight is 173 g/mol. The first-order valence-electron chi connectivity index (χ1n) is 4.46. The van der Waals surface area contributed by atoms with E-state index in [0.29, 0.717) is 17.4 Å². The molecule has 0 aliphatic heterocycles. The maximum Gasteiger partial charge on any atom is 0.0991 e. The van der Waals surface area contributed by atoms with Gasteiger partial charge in [-0.05, 0) is 36.0 Å². The summed E-state index contributed by atoms with van der Waals surface area (Å²) in [6.07, 6.45) is 1.09. The van der Waals surface area contributed by atoms with E-state index in [1.165, 1.54) is 5.56 Å². The quantitative estimate of drug-likeness (QED) is 0.739. The third kappa shape index (κ3) is 1.56. The van der Waals surface area contributed by atoms with E-state index in [4.69, 9.17) is 10.4 Å². The molecule has 2 nitrogen and oxygen atoms in total. The molecule has 1 saturated carbocycles. The van der Waals surface area contributed by atoms with Gasteiger partial charge in [-0.25, -0.2) is 0 Å². The Kier molecular flexibility index (Phi) is 2.03. The predicted molar refractivity (Wildman–Crippen MR) is 49.1 cm³/mol. The Balaban J connectivity index is 2.12. The van der Waals surface area contributed by atoms with Crippen molar-refractivity contribution in [1.29, 1.82) is 5.26 Å². The molecule has 1 aromatic rings. The highest BCUT2D eigenvalue weighted by Crippen LogP contribution is 2.46. The van der Waals surface area contributed by atoms with Crippen LogP contribution in [0.4, 0.5) is 0 Å². The van der Waals surface area contributed by atoms with Crippen molar-refractivity contribution in [3.8, 4) is 6.07 Å². The Hall–Kier alpha value is -1.33. The molecule has 2 heteroatoms. The zero-order valence-electron chi connectivity index (χ0n) is 7.27. The number of aliphatic hydroxyl groups excluding tert-OH is 1. The summed E-state index contributed by atoms with van der Waals surface area (Å²) in [4.78, 5) is 0. The number of benzene rings is 1. The fraction of sp³-hybridized carbons (Fsp3) is 0.364. The minimum atomic E-state index is 0.282. The minimum absolute atomic E-state index is 0.282. The number of hydrogen-bond donors (Lipinski definition) is 1. The lowest BCUT2D eigenvalue weighted by Gasteiger charge is -1.97. The minimum Gasteiger partial charge on any atom is -0.396 e. The van der Waals surface area contributed by atoms with Crippen LogP contribution in [0.3, 0.4) is 0 Å². The summed E-state index contributed by atoms with van der Waals surface area (Å²) in [6.45, 7) is 0.282. The number of nitriles is 1. The molecule has 0 spiro atoms. The number of hydrogen-bond acceptors (Lipinski definition) is 2. The standard InChI is InChI=1S/C11H11NO/c12-6-8-1-3-9(4-2-8)11-5-10(11)7-13/h1-4,10-11,13H,5,7H2. The second-order valence-electron chi connectivity index (χ2n) is 3.52. The number of aliphatic hydroxyl groups is 1. The predicted octanol–water partition coefficient (Wildman–Crippen LogP) is 1.65. The molecular formula is C11H11NO. The van der Waals surface area contributed by atoms with Crippen molar-refractivity contribution in [2.75, 3.05) is 6.61 Å². The smallest absolute Gasteiger partial charge is 0.0991 e. The van der Waals surface area contributed by atoms with Gasteiger partial charge < -0.3 is 5.11 Å². The van der Waals surface area contributed by atoms with Crippen molar-refractivity contribution in [3.05, 3.63) is 35.4 Å². The summed E-state index contributed by atoms with van der Waals surface area (Å²) >= 11 is 0. The molecule has 0 radical (unpaired) electrons. The molecule has 0 bridgehead atoms. The van der Waals surface area contributed by atoms with Crippen molar-refractivity contribution in [2.24, 2.45) is 5.92 Å². The van der Waals surface area contributed by atoms with Crippen LogP contribution in [0.15, 0.2) is 24.3 Å². The highest BCUT2D eigenvalue weighted by Gasteiger charge is 2.37. The second-order valence-corrected chi connectivity index (χ2v) is 3.52. The zero-order chi connectivity index (χ0) is 9.26. The van der Waals surface area contributed by atoms with Crippen LogP contribution in [0.25, 0.3) is 0 Å². The Labute approximate surface area is 77.4 Å². The van der Waals surface area contributed by atoms with Crippen LogP contribution in [0.5, 0.6) is 0 Å². The SMILES string of the molecule is N#Cc1ccc(C2CC2CO)cc1. The molecule has 0 heterocycles. The summed E-state index contributed by atoms with van der Waals surface area (Å²) in [5, 5.41) is 17.5. The normalized spacial score (nSPS) is 25.2. The van der Waals surface area contributed by atoms with Gasteiger partial charge in [-0.2, -0.15) is 5.26 Å². The van der Waals surface area contributed by atoms with E-state index in [1.807, 2.05) is 24.3 Å². The van der Waals surface area contributed by atoms with Crippen molar-refractivity contribution in [3.63, 3.8) is 0 Å². The van der Waals surface area contributed by atoms with Gasteiger partial charge in [0.1, 0.15) is 0 Å². The van der Waals surface area contributed by atoms with Gasteiger partial charge in [0, 0.05) is 6.61 Å². The van der Waals surface area contributed by atoms with Crippen LogP contribution in [0, 0.1) is 17.2 Å². The largest absolute Gasteiger partial charge is 0.396 e. The second kappa shape index (κ2) is 3.20. The summed E-state index contributed by atoms with van der Waals surface area (Å²) < 4.78 is 0. The maximum absolute atomic E-state index is 8.89. The van der Waals surface area contributed by atoms with Crippen molar-refractivity contribution >= 4 is 0 Å². The fourth-order valence-electron chi connectivity index (χ4n) is 1.66. The number of rotatable bonds is 2. The molecule has 1 N–H and O–H groups in total. The Bertz CT molecular complexity index is 336. The summed E-state index contributed by atoms with van der Waals surface area (Å²) in [5.74, 6) is 0.977. The highest BCUT2D eigenvalue weighted by atomic mass is 16.3. The molecule has 66 valence electrons. The molecule has 2 unspecified atom stereocenters. The molecule has 2 atom stereocenters. The van der Waals surface area contributed by atoms with E-state index in [9.17, 15) is 0 Å². The zero-order valence-corrected chi connectivity index (χ0v) is 7.27. The van der Waals surface area contributed by atoms with Crippen LogP contribution in [-0.4, -0.2) is 11.7 Å². The van der Waals surface area contributed by atoms with Crippen LogP contribution >= 0.6 is 0 Å². The number of nitrogens with zero attached hydrogens (tertiary/aromatic N) is 1. The Morgan fingerprint density at radius 1 is 1.38 bits per heavy atom. The first-order chi connectivity index (χ1) is 6.35. The van der Waals surface area contributed by atoms with E-state index in [1.54, 1.807) is 0 Å². The monoisotopic (exact) mass is 173 g/mol. The molecular weight excluding hydrogens is 162 g/mol. The maximum atomic E-state index is 8.89. The lowest BCUT2D eigenvalue weighted by Crippen LogP contribution is -1.88. The summed E-state index contributed by atoms with van der Waals surface area (Å²) in [6, 6.07) is 9.73. The molecule has 1 fully saturated rings. The molecule has 13 heavy (non-hydrogen) atoms. The van der Waals surface area contributed by atoms with Gasteiger partial charge in [0.15, 0.2) is 0 Å². The van der Waals surface area contributed by atoms with Crippen LogP contribution < -0.4 is 0 Å². The molecule has 1 aliphatic rings. The third-order valence-corrected chi connectivity index (χ3v) is 2.63. The Morgan fingerprint density at radius 2 is 2.08 bits per heavy atom. The topological polar surface area (TPSA) is 44.0 Å². The Morgan fingerprint density at radius 3 is 2.54 bits per heavy atom. The van der Waals surface area contributed by atoms with E-state index in [2.05, 4.69) is 6.07 Å². The van der Waals surface area contributed by atoms with Crippen molar-refractivity contribution in [1.82, 2.24) is 0 Å². The van der Waals surface area contributed by atoms with Gasteiger partial charge in [-0.3, -0.25) is 0 Å². The molecule has 1 aromatic carbocycles. The first kappa shape index (κ1) is 8.28. The lowest BCUT2D eigenvalue weighted by molar-refractivity contribution is 0.274. The van der Waals surface area contributed by atoms with Crippen LogP contribution in [0.2, 0.25) is 0 Å². The molecule has 0 saturated heterocycles. The van der Waals surface area contributed by atoms with Crippen molar-refractivity contribution in [2.45, 2.75) is 12.3 Å². The van der Waals surface area contributed by atoms with E-state index in [0.717, 1.165) is 6.42 Å². The van der Waals surface area contributed by atoms with Gasteiger partial charge >= 0.3 is 0 Å². The van der Waals surface area contributed by atoms with E-state index >= 15 is 0 Å². The molecule has 0 aromatic heterocycles. The molecule has 2 rings (SSSR count). The van der Waals surface area contributed by atoms with Gasteiger partial charge in [0.2, 0.25) is 0 Å². The average Bonchev–Trinajstić information content (AvgIpc) is 2.97. The van der Waals surface area contributed by atoms with Gasteiger partial charge in [-0.1, -0.05) is 12.1 Å². The molecule has 1 aliphatic carbocycles. The van der Waals surface area contributed by atoms with Crippen LogP contribution in [0.1, 0.15) is 23.5 Å². The molecule has 0 amide bonds. The van der Waals surface area contributed by atoms with Gasteiger partial charge in [-0.15, -0.1) is 0 Å². The van der Waals surface area contributed by atoms with Crippen LogP contribution in [-0.2, 0) is 0 Å². The fourth-order valence-corrected chi connectivity index (χ4v) is 1.66. The first-order valence-corrected chi connectivity index (χ1v) is 4.46. The summed E-state index contributed by atoms with van der Waals surface area (Å²) in [7, 11) is 0. The van der Waals surface area contributed by atoms with Crippen molar-refractivity contribution < 1.29 is 5.11 Å². The summed E-state index contributed by atoms with van der Waals surface area (Å²) in [5.41, 5.74) is 1.95. The van der Waals surface area contributed by atoms with Gasteiger partial charge in [0.25, 0.3) is 0 Å². The van der Waals surface area contributed by atoms with E-state index < -0.39 is 0 Å². The lowest BCUT2D eigenvalue weighted by atomic mass is 10.1. The van der Waals surface area contributed by atoms with Gasteiger partial charge in [0.05, 0.1) is 11.6 Å². The third-order valence-electron chi connectivity index (χ3n) is 2.63. The van der Waals surface area contributed by atoms with E-state index in [-0.39, 0.29) is 6.61 Å². The highest BCUT2D eigenvalue weighted by molar-refractivity contribution is 5.35.